The van der Waals surface area contributed by atoms with Gasteiger partial charge in [0, 0.05) is 64.5 Å². The Morgan fingerprint density at radius 1 is 0.381 bits per heavy atom. The fourth-order valence-electron chi connectivity index (χ4n) is 10.1. The first kappa shape index (κ1) is 99.4. The van der Waals surface area contributed by atoms with Crippen LogP contribution in [0.4, 0.5) is 0 Å². The molecular formula is C70H128N4Na2O19P2. The number of ether oxygens (including phenoxy) is 3. The summed E-state index contributed by atoms with van der Waals surface area (Å²) in [6, 6.07) is -2.03. The molecule has 0 aliphatic heterocycles. The van der Waals surface area contributed by atoms with Crippen molar-refractivity contribution in [2.45, 2.75) is 322 Å². The van der Waals surface area contributed by atoms with E-state index in [0.717, 1.165) is 141 Å². The van der Waals surface area contributed by atoms with Crippen molar-refractivity contribution >= 4 is 62.6 Å². The molecule has 4 amide bonds. The maximum absolute atomic E-state index is 13.6. The molecule has 23 nitrogen and oxygen atoms in total. The van der Waals surface area contributed by atoms with E-state index in [1.807, 2.05) is 0 Å². The third-order valence-corrected chi connectivity index (χ3v) is 17.7. The molecule has 27 heteroatoms. The van der Waals surface area contributed by atoms with Crippen molar-refractivity contribution in [1.29, 1.82) is 0 Å². The van der Waals surface area contributed by atoms with Crippen molar-refractivity contribution < 1.29 is 149 Å². The Kier molecular flexibility index (Phi) is 71.7. The minimum absolute atomic E-state index is 0. The van der Waals surface area contributed by atoms with Gasteiger partial charge >= 0.3 is 65.1 Å². The molecule has 4 N–H and O–H groups in total. The van der Waals surface area contributed by atoms with Crippen LogP contribution in [0.2, 0.25) is 0 Å². The number of phosphoric acid groups is 2. The molecule has 0 saturated heterocycles. The number of esters is 1. The van der Waals surface area contributed by atoms with Crippen LogP contribution >= 0.6 is 15.6 Å². The predicted molar refractivity (Wildman–Crippen MR) is 367 cm³/mol. The molecule has 554 valence electrons. The molecule has 0 heterocycles. The summed E-state index contributed by atoms with van der Waals surface area (Å²) in [6.45, 7) is 7.50. The second-order valence-corrected chi connectivity index (χ2v) is 27.8. The normalized spacial score (nSPS) is 13.5. The first-order chi connectivity index (χ1) is 45.8. The van der Waals surface area contributed by atoms with E-state index in [0.29, 0.717) is 32.1 Å². The fourth-order valence-corrected chi connectivity index (χ4v) is 11.6. The predicted octanol–water partition coefficient (Wildman–Crippen LogP) is 6.89. The number of hydrogen-bond donors (Lipinski definition) is 4. The molecule has 0 spiro atoms. The minimum Gasteiger partial charge on any atom is -0.756 e. The molecule has 0 aliphatic carbocycles. The van der Waals surface area contributed by atoms with Crippen LogP contribution in [0.5, 0.6) is 0 Å². The second-order valence-electron chi connectivity index (χ2n) is 25.0. The van der Waals surface area contributed by atoms with Gasteiger partial charge in [-0.15, -0.1) is 0 Å². The van der Waals surface area contributed by atoms with Crippen LogP contribution in [-0.2, 0) is 79.8 Å². The molecule has 0 radical (unpaired) electrons. The topological polar surface area (TPSA) is 330 Å². The van der Waals surface area contributed by atoms with Gasteiger partial charge in [0.05, 0.1) is 77.8 Å². The average molecular weight is 1440 g/mol. The van der Waals surface area contributed by atoms with Crippen LogP contribution < -0.4 is 90.2 Å². The summed E-state index contributed by atoms with van der Waals surface area (Å²) in [5.41, 5.74) is 0. The van der Waals surface area contributed by atoms with E-state index in [2.05, 4.69) is 68.0 Å². The van der Waals surface area contributed by atoms with Gasteiger partial charge in [0.15, 0.2) is 0 Å². The molecule has 0 aromatic heterocycles. The molecule has 0 saturated carbocycles. The van der Waals surface area contributed by atoms with Crippen LogP contribution in [0.1, 0.15) is 304 Å². The van der Waals surface area contributed by atoms with Gasteiger partial charge in [0.2, 0.25) is 23.6 Å². The summed E-state index contributed by atoms with van der Waals surface area (Å²) in [5, 5.41) is 10.2. The average Bonchev–Trinajstić information content (AvgIpc) is 1.85. The number of carbonyl (C=O) groups excluding carboxylic acids is 8. The van der Waals surface area contributed by atoms with Gasteiger partial charge in [-0.05, 0) is 57.8 Å². The van der Waals surface area contributed by atoms with Crippen LogP contribution in [0.25, 0.3) is 0 Å². The summed E-state index contributed by atoms with van der Waals surface area (Å²) in [7, 11) is -10.0. The minimum atomic E-state index is -5.03. The standard InChI is InChI=1S/C70H130N4O19P2.2Na/c1-6-11-16-21-23-25-27-32-36-41-64(77)54-68(80)73-60(56-87-50-46-62(75)39-34-29-18-13-8-3)58-91-94(83,84)89-52-48-71-66(78)44-45-67(79)72-49-53-90-95(85,86)92-59-61(57-88-51-47-63(76)40-35-30-19-14-9-4)74-69(81)55-65(42-37-31-20-15-10-5)93-70(82)43-38-33-28-26-24-22-17-12-7-2;;/h26,28,60-61,65H,6-25,27,29-59H2,1-5H3,(H,71,78)(H,72,79)(H,73,80)(H,74,81)(H,83,84)(H,85,86);;/q;2*+1/p-2/b28-26-;;/t60?,61?,65-;;/m1../s1. The van der Waals surface area contributed by atoms with Crippen LogP contribution in [0.15, 0.2) is 12.2 Å². The van der Waals surface area contributed by atoms with Gasteiger partial charge in [-0.2, -0.15) is 0 Å². The van der Waals surface area contributed by atoms with Gasteiger partial charge < -0.3 is 63.4 Å². The van der Waals surface area contributed by atoms with Crippen LogP contribution in [0, 0.1) is 0 Å². The van der Waals surface area contributed by atoms with E-state index in [1.54, 1.807) is 0 Å². The van der Waals surface area contributed by atoms with Crippen LogP contribution in [-0.4, -0.2) is 131 Å². The zero-order valence-corrected chi connectivity index (χ0v) is 67.1. The molecule has 0 aromatic rings. The third kappa shape index (κ3) is 68.4. The fraction of sp³-hybridized carbons (Fsp3) is 0.857. The van der Waals surface area contributed by atoms with E-state index >= 15 is 0 Å². The number of ketones is 3. The van der Waals surface area contributed by atoms with E-state index in [1.165, 1.54) is 44.9 Å². The Labute approximate surface area is 628 Å². The number of allylic oxidation sites excluding steroid dienone is 2. The number of phosphoric ester groups is 2. The molecule has 0 bridgehead atoms. The molecule has 0 aliphatic rings. The first-order valence-electron chi connectivity index (χ1n) is 36.7. The summed E-state index contributed by atoms with van der Waals surface area (Å²) >= 11 is 0. The number of carbonyl (C=O) groups is 8. The maximum atomic E-state index is 13.6. The van der Waals surface area contributed by atoms with Gasteiger partial charge in [-0.1, -0.05) is 194 Å². The zero-order chi connectivity index (χ0) is 70.3. The number of hydrogen-bond acceptors (Lipinski definition) is 19. The third-order valence-electron chi connectivity index (χ3n) is 15.7. The molecule has 0 aromatic carbocycles. The summed E-state index contributed by atoms with van der Waals surface area (Å²) in [4.78, 5) is 128. The molecule has 4 unspecified atom stereocenters. The van der Waals surface area contributed by atoms with E-state index in [4.69, 9.17) is 32.3 Å². The van der Waals surface area contributed by atoms with Crippen molar-refractivity contribution in [3.8, 4) is 0 Å². The van der Waals surface area contributed by atoms with E-state index in [-0.39, 0.29) is 161 Å². The Hall–Kier alpha value is -1.76. The first-order valence-corrected chi connectivity index (χ1v) is 39.6. The maximum Gasteiger partial charge on any atom is 1.00 e. The van der Waals surface area contributed by atoms with Gasteiger partial charge in [0.25, 0.3) is 15.6 Å². The summed E-state index contributed by atoms with van der Waals surface area (Å²) in [6.07, 6.45) is 35.9. The smallest absolute Gasteiger partial charge is 0.756 e. The number of Topliss-reactive ketones (excluding diaryl/α,β-unsaturated/α-hetero) is 3. The van der Waals surface area contributed by atoms with Crippen molar-refractivity contribution in [3.05, 3.63) is 12.2 Å². The van der Waals surface area contributed by atoms with Crippen LogP contribution in [0.3, 0.4) is 0 Å². The summed E-state index contributed by atoms with van der Waals surface area (Å²) < 4.78 is 63.0. The molecular weight excluding hydrogens is 1310 g/mol. The van der Waals surface area contributed by atoms with Gasteiger partial charge in [-0.25, -0.2) is 0 Å². The number of amides is 4. The van der Waals surface area contributed by atoms with Gasteiger partial charge in [-0.3, -0.25) is 47.5 Å². The SMILES string of the molecule is CCCCCC/C=C\CCCC(=O)O[C@H](CCCCCCC)CC(=O)NC(COCCC(=O)CCCCCCC)COP(=O)([O-])OCCNC(=O)CCC(=O)NCCOP(=O)([O-])OCC(COCCC(=O)CCCCCCC)NC(=O)CC(=O)CCCCCCCCCCC.[Na+].[Na+]. The zero-order valence-electron chi connectivity index (χ0n) is 61.3. The van der Waals surface area contributed by atoms with Crippen molar-refractivity contribution in [2.75, 3.05) is 65.9 Å². The Bertz CT molecular complexity index is 2150. The van der Waals surface area contributed by atoms with E-state index < -0.39 is 96.3 Å². The number of rotatable bonds is 71. The summed E-state index contributed by atoms with van der Waals surface area (Å²) in [5.74, 6) is -2.99. The second kappa shape index (κ2) is 69.9. The largest absolute Gasteiger partial charge is 1.00 e. The Balaban J connectivity index is -0.0000442. The number of nitrogens with one attached hydrogen (secondary N) is 4. The van der Waals surface area contributed by atoms with E-state index in [9.17, 15) is 57.3 Å². The molecule has 0 rings (SSSR count). The Morgan fingerprint density at radius 3 is 1.19 bits per heavy atom. The molecule has 97 heavy (non-hydrogen) atoms. The van der Waals surface area contributed by atoms with Crippen molar-refractivity contribution in [2.24, 2.45) is 0 Å². The van der Waals surface area contributed by atoms with Crippen molar-refractivity contribution in [3.63, 3.8) is 0 Å². The monoisotopic (exact) mass is 1440 g/mol. The quantitative estimate of drug-likeness (QED) is 0.0120. The van der Waals surface area contributed by atoms with Crippen molar-refractivity contribution in [1.82, 2.24) is 21.3 Å². The van der Waals surface area contributed by atoms with Gasteiger partial charge in [0.1, 0.15) is 23.5 Å². The number of unbranched alkanes of at least 4 members (excludes halogenated alkanes) is 25. The molecule has 5 atom stereocenters. The Morgan fingerprint density at radius 2 is 0.753 bits per heavy atom. The molecule has 0 fully saturated rings.